The Labute approximate surface area is 371 Å². The maximum absolute atomic E-state index is 15.4. The van der Waals surface area contributed by atoms with Crippen molar-refractivity contribution >= 4 is 49.7 Å². The lowest BCUT2D eigenvalue weighted by molar-refractivity contribution is 0.378. The minimum absolute atomic E-state index is 0.0892. The standard InChI is InChI=1S/C24BF20.C22H17S/c26-5-1(6(27)14(35)21(42)13(5)34)25(2-7(28)15(36)22(43)16(37)8(2)29,3-9(30)17(38)23(44)18(39)10(3)31)4-11(32)19(40)24(45)20(41)12(4)33;1-3-12-19(13-4-1)23(20-14-5-2-6-15-20)22-17-9-11-18-10-7-8-16-21(18)22/h;1-17H/q-1;+1. The molecule has 0 N–H and O–H groups in total. The lowest BCUT2D eigenvalue weighted by Gasteiger charge is -2.44. The van der Waals surface area contributed by atoms with Gasteiger partial charge in [0.05, 0.1) is 10.9 Å². The molecule has 350 valence electrons. The normalized spacial score (nSPS) is 11.7. The molecule has 0 saturated heterocycles. The van der Waals surface area contributed by atoms with Gasteiger partial charge in [0.15, 0.2) is 84.5 Å². The van der Waals surface area contributed by atoms with Gasteiger partial charge in [0.2, 0.25) is 0 Å². The van der Waals surface area contributed by atoms with Crippen molar-refractivity contribution in [3.05, 3.63) is 219 Å². The number of fused-ring (bicyclic) bond motifs is 1. The van der Waals surface area contributed by atoms with Crippen LogP contribution in [-0.2, 0) is 10.9 Å². The summed E-state index contributed by atoms with van der Waals surface area (Å²) in [5.41, 5.74) is -14.3. The topological polar surface area (TPSA) is 0 Å². The van der Waals surface area contributed by atoms with Gasteiger partial charge in [-0.1, -0.05) is 66.7 Å². The summed E-state index contributed by atoms with van der Waals surface area (Å²) >= 11 is 0. The fourth-order valence-corrected chi connectivity index (χ4v) is 10.0. The Morgan fingerprint density at radius 1 is 0.235 bits per heavy atom. The van der Waals surface area contributed by atoms with E-state index < -0.39 is 144 Å². The van der Waals surface area contributed by atoms with Gasteiger partial charge in [-0.05, 0) is 41.8 Å². The number of benzene rings is 8. The zero-order valence-electron chi connectivity index (χ0n) is 32.9. The summed E-state index contributed by atoms with van der Waals surface area (Å²) in [4.78, 5) is 4.10. The van der Waals surface area contributed by atoms with E-state index in [9.17, 15) is 52.7 Å². The second-order valence-corrected chi connectivity index (χ2v) is 16.2. The Morgan fingerprint density at radius 2 is 0.471 bits per heavy atom. The van der Waals surface area contributed by atoms with Crippen LogP contribution in [0, 0.1) is 116 Å². The van der Waals surface area contributed by atoms with Crippen LogP contribution in [-0.4, -0.2) is 6.15 Å². The molecular formula is C46H17BF20S. The number of rotatable bonds is 7. The molecule has 0 aliphatic carbocycles. The number of halogens is 20. The Balaban J connectivity index is 0.000000246. The van der Waals surface area contributed by atoms with E-state index >= 15 is 35.1 Å². The molecule has 0 fully saturated rings. The molecule has 0 saturated carbocycles. The van der Waals surface area contributed by atoms with Crippen LogP contribution in [0.3, 0.4) is 0 Å². The van der Waals surface area contributed by atoms with Crippen molar-refractivity contribution in [2.75, 3.05) is 0 Å². The van der Waals surface area contributed by atoms with E-state index in [1.54, 1.807) is 0 Å². The van der Waals surface area contributed by atoms with Crippen molar-refractivity contribution in [2.45, 2.75) is 14.7 Å². The fraction of sp³-hybridized carbons (Fsp3) is 0. The molecule has 8 rings (SSSR count). The molecule has 0 amide bonds. The Morgan fingerprint density at radius 3 is 0.765 bits per heavy atom. The summed E-state index contributed by atoms with van der Waals surface area (Å²) in [6.07, 6.45) is -7.22. The summed E-state index contributed by atoms with van der Waals surface area (Å²) in [5.74, 6) is -71.4. The molecule has 0 heterocycles. The van der Waals surface area contributed by atoms with E-state index in [1.807, 2.05) is 0 Å². The average molecular weight is 992 g/mol. The van der Waals surface area contributed by atoms with Crippen molar-refractivity contribution in [3.63, 3.8) is 0 Å². The van der Waals surface area contributed by atoms with Crippen molar-refractivity contribution < 1.29 is 87.8 Å². The first-order chi connectivity index (χ1) is 32.1. The van der Waals surface area contributed by atoms with Crippen molar-refractivity contribution in [1.82, 2.24) is 0 Å². The molecule has 0 radical (unpaired) electrons. The second-order valence-electron chi connectivity index (χ2n) is 14.2. The van der Waals surface area contributed by atoms with Crippen molar-refractivity contribution in [2.24, 2.45) is 0 Å². The van der Waals surface area contributed by atoms with Crippen LogP contribution in [0.15, 0.2) is 118 Å². The maximum Gasteiger partial charge on any atom is 0.200 e. The van der Waals surface area contributed by atoms with Gasteiger partial charge < -0.3 is 0 Å². The SMILES string of the molecule is Fc1c(F)c(F)c([B-](c2c(F)c(F)c(F)c(F)c2F)(c2c(F)c(F)c(F)c(F)c2F)c2c(F)c(F)c(F)c(F)c2F)c(F)c1F.c1ccc([S+](c2ccccc2)c2cccc3ccccc23)cc1. The molecule has 68 heavy (non-hydrogen) atoms. The summed E-state index contributed by atoms with van der Waals surface area (Å²) in [6.45, 7) is 0. The third-order valence-corrected chi connectivity index (χ3v) is 12.9. The second kappa shape index (κ2) is 18.6. The summed E-state index contributed by atoms with van der Waals surface area (Å²) < 4.78 is 294. The van der Waals surface area contributed by atoms with Crippen molar-refractivity contribution in [3.8, 4) is 0 Å². The molecule has 8 aromatic rings. The lowest BCUT2D eigenvalue weighted by atomic mass is 9.12. The van der Waals surface area contributed by atoms with Gasteiger partial charge >= 0.3 is 0 Å². The van der Waals surface area contributed by atoms with Crippen LogP contribution in [0.1, 0.15) is 0 Å². The quantitative estimate of drug-likeness (QED) is 0.0491. The van der Waals surface area contributed by atoms with Gasteiger partial charge in [-0.3, -0.25) is 0 Å². The molecule has 0 spiro atoms. The van der Waals surface area contributed by atoms with Crippen LogP contribution < -0.4 is 21.9 Å². The molecule has 8 aromatic carbocycles. The van der Waals surface area contributed by atoms with Gasteiger partial charge in [-0.25, -0.2) is 87.8 Å². The highest BCUT2D eigenvalue weighted by Gasteiger charge is 2.52. The minimum atomic E-state index is -7.22. The molecular weight excluding hydrogens is 975 g/mol. The predicted octanol–water partition coefficient (Wildman–Crippen LogP) is 11.8. The summed E-state index contributed by atoms with van der Waals surface area (Å²) in [5, 5.41) is 2.64. The van der Waals surface area contributed by atoms with Gasteiger partial charge in [-0.2, -0.15) is 0 Å². The first-order valence-electron chi connectivity index (χ1n) is 18.7. The monoisotopic (exact) mass is 992 g/mol. The van der Waals surface area contributed by atoms with E-state index in [0.29, 0.717) is 0 Å². The summed E-state index contributed by atoms with van der Waals surface area (Å²) in [6, 6.07) is 36.9. The molecule has 0 bridgehead atoms. The maximum atomic E-state index is 15.4. The summed E-state index contributed by atoms with van der Waals surface area (Å²) in [7, 11) is -0.0892. The molecule has 0 nitrogen and oxygen atoms in total. The van der Waals surface area contributed by atoms with Gasteiger partial charge in [0, 0.05) is 5.39 Å². The highest BCUT2D eigenvalue weighted by atomic mass is 32.2. The van der Waals surface area contributed by atoms with Crippen LogP contribution in [0.4, 0.5) is 87.8 Å². The smallest absolute Gasteiger partial charge is 0.200 e. The van der Waals surface area contributed by atoms with E-state index in [4.69, 9.17) is 0 Å². The average Bonchev–Trinajstić information content (AvgIpc) is 3.35. The first-order valence-corrected chi connectivity index (χ1v) is 19.9. The third kappa shape index (κ3) is 7.57. The van der Waals surface area contributed by atoms with Gasteiger partial charge in [0.1, 0.15) is 52.7 Å². The molecule has 0 aliphatic heterocycles. The van der Waals surface area contributed by atoms with E-state index in [-0.39, 0.29) is 10.9 Å². The zero-order chi connectivity index (χ0) is 49.8. The molecule has 0 aromatic heterocycles. The molecule has 0 aliphatic rings. The van der Waals surface area contributed by atoms with Gasteiger partial charge in [-0.15, -0.1) is 21.9 Å². The van der Waals surface area contributed by atoms with E-state index in [2.05, 4.69) is 103 Å². The Kier molecular flexibility index (Phi) is 13.4. The molecule has 22 heteroatoms. The first kappa shape index (κ1) is 49.0. The third-order valence-electron chi connectivity index (χ3n) is 10.6. The predicted molar refractivity (Wildman–Crippen MR) is 208 cm³/mol. The van der Waals surface area contributed by atoms with Crippen LogP contribution in [0.5, 0.6) is 0 Å². The number of hydrogen-bond acceptors (Lipinski definition) is 0. The largest absolute Gasteiger partial charge is 0.207 e. The van der Waals surface area contributed by atoms with Crippen LogP contribution in [0.25, 0.3) is 10.8 Å². The van der Waals surface area contributed by atoms with Crippen LogP contribution >= 0.6 is 0 Å². The highest BCUT2D eigenvalue weighted by Crippen LogP contribution is 2.36. The fourth-order valence-electron chi connectivity index (χ4n) is 7.75. The molecule has 0 atom stereocenters. The van der Waals surface area contributed by atoms with Gasteiger partial charge in [0.25, 0.3) is 0 Å². The molecule has 0 unspecified atom stereocenters. The minimum Gasteiger partial charge on any atom is -0.207 e. The lowest BCUT2D eigenvalue weighted by Crippen LogP contribution is -2.81. The highest BCUT2D eigenvalue weighted by molar-refractivity contribution is 7.97. The number of hydrogen-bond donors (Lipinski definition) is 0. The van der Waals surface area contributed by atoms with E-state index in [0.717, 1.165) is 0 Å². The Bertz CT molecular complexity index is 2870. The Hall–Kier alpha value is -6.97. The van der Waals surface area contributed by atoms with Crippen molar-refractivity contribution in [1.29, 1.82) is 0 Å². The van der Waals surface area contributed by atoms with Crippen LogP contribution in [0.2, 0.25) is 0 Å². The van der Waals surface area contributed by atoms with E-state index in [1.165, 1.54) is 25.5 Å². The zero-order valence-corrected chi connectivity index (χ0v) is 33.7.